The van der Waals surface area contributed by atoms with Crippen LogP contribution in [0, 0.1) is 21.4 Å². The topological polar surface area (TPSA) is 231 Å². The van der Waals surface area contributed by atoms with Crippen LogP contribution in [0.3, 0.4) is 0 Å². The molecular weight excluding hydrogens is 929 g/mol. The molecule has 2 atom stereocenters. The highest BCUT2D eigenvalue weighted by Crippen LogP contribution is 2.54. The second kappa shape index (κ2) is 19.0. The highest BCUT2D eigenvalue weighted by molar-refractivity contribution is 7.90. The van der Waals surface area contributed by atoms with Gasteiger partial charge in [0.25, 0.3) is 21.6 Å². The maximum atomic E-state index is 14.3. The number of nitrogens with one attached hydrogen (secondary N) is 4. The van der Waals surface area contributed by atoms with Gasteiger partial charge in [-0.15, -0.1) is 0 Å². The number of carbonyl (C=O) groups excluding carboxylic acids is 2. The predicted molar refractivity (Wildman–Crippen MR) is 268 cm³/mol. The highest BCUT2D eigenvalue weighted by Gasteiger charge is 2.50. The third-order valence-electron chi connectivity index (χ3n) is 15.8. The van der Waals surface area contributed by atoms with Gasteiger partial charge in [-0.1, -0.05) is 38.1 Å². The SMILES string of the molecule is COC(=O)Nc1nc2[nH]ccc2cc1Oc1cc(N2CCC3(CC2)CC(N2CCC[C@@H]2c2ccccc2C(C)C)C3)ccc1C(=O)NS(=O)(=O)c1cc2c(c([N+](=O)[O-])c1)N[C@@H]([C@H]1CC[C@](C)(O)CC1)CO2. The molecule has 376 valence electrons. The second-order valence-corrected chi connectivity index (χ2v) is 22.5. The summed E-state index contributed by atoms with van der Waals surface area (Å²) in [6.45, 7) is 9.10. The average Bonchev–Trinajstić information content (AvgIpc) is 4.02. The molecule has 0 unspecified atom stereocenters. The number of carbonyl (C=O) groups is 2. The molecule has 5 aliphatic rings. The first-order chi connectivity index (χ1) is 34.0. The second-order valence-electron chi connectivity index (χ2n) is 20.8. The van der Waals surface area contributed by atoms with E-state index in [1.807, 2.05) is 0 Å². The quantitative estimate of drug-likeness (QED) is 0.0579. The Labute approximate surface area is 413 Å². The van der Waals surface area contributed by atoms with Crippen molar-refractivity contribution in [3.05, 3.63) is 99.7 Å². The fourth-order valence-corrected chi connectivity index (χ4v) is 12.8. The van der Waals surface area contributed by atoms with Crippen molar-refractivity contribution in [1.29, 1.82) is 0 Å². The lowest BCUT2D eigenvalue weighted by Gasteiger charge is -2.56. The van der Waals surface area contributed by atoms with Crippen LogP contribution in [0.15, 0.2) is 77.8 Å². The molecule has 2 saturated heterocycles. The minimum atomic E-state index is -4.76. The number of aromatic amines is 1. The zero-order chi connectivity index (χ0) is 49.8. The molecule has 18 nitrogen and oxygen atoms in total. The number of aromatic nitrogens is 2. The molecule has 0 bridgehead atoms. The summed E-state index contributed by atoms with van der Waals surface area (Å²) >= 11 is 0. The number of nitro benzene ring substituents is 1. The van der Waals surface area contributed by atoms with E-state index in [-0.39, 0.29) is 58.3 Å². The molecule has 5 aromatic rings. The third-order valence-corrected chi connectivity index (χ3v) is 17.1. The van der Waals surface area contributed by atoms with Gasteiger partial charge in [-0.25, -0.2) is 22.9 Å². The van der Waals surface area contributed by atoms with Crippen LogP contribution >= 0.6 is 0 Å². The number of piperidine rings is 1. The van der Waals surface area contributed by atoms with Gasteiger partial charge in [-0.2, -0.15) is 0 Å². The van der Waals surface area contributed by atoms with Crippen molar-refractivity contribution in [3.63, 3.8) is 0 Å². The molecule has 19 heteroatoms. The van der Waals surface area contributed by atoms with E-state index >= 15 is 0 Å². The monoisotopic (exact) mass is 990 g/mol. The normalized spacial score (nSPS) is 23.4. The number of anilines is 3. The number of rotatable bonds is 12. The summed E-state index contributed by atoms with van der Waals surface area (Å²) in [5.74, 6) is -0.542. The van der Waals surface area contributed by atoms with Crippen molar-refractivity contribution >= 4 is 55.9 Å². The van der Waals surface area contributed by atoms with E-state index in [1.54, 1.807) is 37.4 Å². The minimum Gasteiger partial charge on any atom is -0.489 e. The van der Waals surface area contributed by atoms with Gasteiger partial charge in [0, 0.05) is 60.6 Å². The van der Waals surface area contributed by atoms with Gasteiger partial charge in [-0.3, -0.25) is 25.1 Å². The van der Waals surface area contributed by atoms with Crippen LogP contribution in [0.2, 0.25) is 0 Å². The molecule has 5 N–H and O–H groups in total. The maximum Gasteiger partial charge on any atom is 0.412 e. The number of hydrogen-bond donors (Lipinski definition) is 5. The van der Waals surface area contributed by atoms with Gasteiger partial charge >= 0.3 is 6.09 Å². The van der Waals surface area contributed by atoms with Crippen LogP contribution in [0.25, 0.3) is 11.0 Å². The summed E-state index contributed by atoms with van der Waals surface area (Å²) in [7, 11) is -3.55. The number of ether oxygens (including phenoxy) is 3. The van der Waals surface area contributed by atoms with Gasteiger partial charge in [0.2, 0.25) is 0 Å². The molecule has 71 heavy (non-hydrogen) atoms. The average molecular weight is 991 g/mol. The Morgan fingerprint density at radius 3 is 2.48 bits per heavy atom. The number of likely N-dealkylation sites (tertiary alicyclic amines) is 1. The van der Waals surface area contributed by atoms with Crippen LogP contribution in [0.5, 0.6) is 17.2 Å². The Hall–Kier alpha value is -6.44. The molecule has 2 aromatic heterocycles. The maximum absolute atomic E-state index is 14.3. The molecular formula is C52H62N8O10S. The molecule has 3 aliphatic heterocycles. The van der Waals surface area contributed by atoms with Gasteiger partial charge < -0.3 is 34.5 Å². The van der Waals surface area contributed by atoms with E-state index < -0.39 is 43.1 Å². The molecule has 3 aromatic carbocycles. The number of aliphatic hydroxyl groups is 1. The van der Waals surface area contributed by atoms with Crippen molar-refractivity contribution in [2.24, 2.45) is 11.3 Å². The molecule has 10 rings (SSSR count). The summed E-state index contributed by atoms with van der Waals surface area (Å²) in [5, 5.41) is 29.4. The number of amides is 2. The molecule has 4 fully saturated rings. The first-order valence-electron chi connectivity index (χ1n) is 24.7. The standard InChI is InChI=1S/C52H62N8O10S/c1-31(2)37-8-5-6-9-38(37)41-10-7-21-59(41)35-28-52(29-35)18-22-58(23-19-52)34-11-12-39(43(25-34)70-45-24-33-15-20-53-47(33)55-48(45)56-50(62)68-4)49(61)57-71(66,67)36-26-42(60(64)65)46-44(27-36)69-30-40(54-46)32-13-16-51(3,63)17-14-32/h5-6,8-9,11-12,15,20,24-27,31-32,35,40-41,54,63H,7,10,13-14,16-19,21-23,28-30H2,1-4H3,(H,57,61)(H2,53,55,56,62)/t32-,40-,41-,51-/m1/s1. The zero-order valence-corrected chi connectivity index (χ0v) is 41.3. The van der Waals surface area contributed by atoms with Gasteiger partial charge in [-0.05, 0) is 130 Å². The lowest BCUT2D eigenvalue weighted by molar-refractivity contribution is -0.384. The number of nitro groups is 1. The van der Waals surface area contributed by atoms with E-state index in [0.717, 1.165) is 57.1 Å². The Kier molecular flexibility index (Phi) is 12.9. The van der Waals surface area contributed by atoms with E-state index in [4.69, 9.17) is 14.2 Å². The summed E-state index contributed by atoms with van der Waals surface area (Å²) in [6, 6.07) is 20.0. The number of fused-ring (bicyclic) bond motifs is 2. The van der Waals surface area contributed by atoms with E-state index in [1.165, 1.54) is 43.2 Å². The fourth-order valence-electron chi connectivity index (χ4n) is 11.8. The van der Waals surface area contributed by atoms with Gasteiger partial charge in [0.1, 0.15) is 18.0 Å². The van der Waals surface area contributed by atoms with Crippen LogP contribution in [-0.4, -0.2) is 96.4 Å². The zero-order valence-electron chi connectivity index (χ0n) is 40.5. The summed E-state index contributed by atoms with van der Waals surface area (Å²) in [5.41, 5.74) is 2.93. The summed E-state index contributed by atoms with van der Waals surface area (Å²) in [6.07, 6.45) is 10.0. The van der Waals surface area contributed by atoms with E-state index in [9.17, 15) is 33.2 Å². The first kappa shape index (κ1) is 48.2. The summed E-state index contributed by atoms with van der Waals surface area (Å²) < 4.78 is 47.7. The molecule has 5 heterocycles. The van der Waals surface area contributed by atoms with Crippen molar-refractivity contribution in [2.75, 3.05) is 48.9 Å². The predicted octanol–water partition coefficient (Wildman–Crippen LogP) is 9.38. The number of nitrogens with zero attached hydrogens (tertiary/aromatic N) is 4. The lowest BCUT2D eigenvalue weighted by Crippen LogP contribution is -2.54. The van der Waals surface area contributed by atoms with Crippen molar-refractivity contribution in [1.82, 2.24) is 19.6 Å². The molecule has 0 radical (unpaired) electrons. The fraction of sp³-hybridized carbons (Fsp3) is 0.481. The van der Waals surface area contributed by atoms with Crippen LogP contribution in [0.1, 0.15) is 118 Å². The lowest BCUT2D eigenvalue weighted by atomic mass is 9.59. The molecule has 2 saturated carbocycles. The third kappa shape index (κ3) is 9.70. The number of methoxy groups -OCH3 is 1. The molecule has 2 amide bonds. The largest absolute Gasteiger partial charge is 0.489 e. The summed E-state index contributed by atoms with van der Waals surface area (Å²) in [4.78, 5) is 50.6. The number of pyridine rings is 1. The van der Waals surface area contributed by atoms with Gasteiger partial charge in [0.05, 0.1) is 34.1 Å². The van der Waals surface area contributed by atoms with Crippen LogP contribution in [0.4, 0.5) is 27.7 Å². The van der Waals surface area contributed by atoms with Gasteiger partial charge in [0.15, 0.2) is 23.0 Å². The highest BCUT2D eigenvalue weighted by atomic mass is 32.2. The number of benzene rings is 3. The minimum absolute atomic E-state index is 0.0175. The number of H-pyrrole nitrogens is 1. The Balaban J connectivity index is 0.894. The van der Waals surface area contributed by atoms with E-state index in [2.05, 4.69) is 73.2 Å². The van der Waals surface area contributed by atoms with Crippen molar-refractivity contribution in [2.45, 2.75) is 120 Å². The Morgan fingerprint density at radius 2 is 1.75 bits per heavy atom. The van der Waals surface area contributed by atoms with E-state index in [0.29, 0.717) is 54.7 Å². The number of sulfonamides is 1. The first-order valence-corrected chi connectivity index (χ1v) is 26.2. The molecule has 1 spiro atoms. The number of hydrogen-bond acceptors (Lipinski definition) is 14. The van der Waals surface area contributed by atoms with Crippen molar-refractivity contribution < 1.29 is 42.2 Å². The Bertz CT molecular complexity index is 2970. The van der Waals surface area contributed by atoms with Crippen LogP contribution < -0.4 is 29.7 Å². The smallest absolute Gasteiger partial charge is 0.412 e. The van der Waals surface area contributed by atoms with Crippen LogP contribution in [-0.2, 0) is 14.8 Å². The molecule has 2 aliphatic carbocycles. The Morgan fingerprint density at radius 1 is 0.986 bits per heavy atom. The van der Waals surface area contributed by atoms with Crippen molar-refractivity contribution in [3.8, 4) is 17.2 Å².